The van der Waals surface area contributed by atoms with E-state index in [1.54, 1.807) is 12.1 Å². The number of fused-ring (bicyclic) bond motifs is 2. The zero-order valence-corrected chi connectivity index (χ0v) is 14.9. The fourth-order valence-electron chi connectivity index (χ4n) is 3.75. The Hall–Kier alpha value is -1.85. The number of phenolic OH excluding ortho intramolecular Hbond substituents is 1. The van der Waals surface area contributed by atoms with Crippen molar-refractivity contribution in [2.75, 3.05) is 19.6 Å². The third-order valence-corrected chi connectivity index (χ3v) is 5.85. The van der Waals surface area contributed by atoms with Crippen molar-refractivity contribution in [3.05, 3.63) is 63.6 Å². The molecule has 0 radical (unpaired) electrons. The fourth-order valence-corrected chi connectivity index (χ4v) is 4.25. The van der Waals surface area contributed by atoms with Crippen molar-refractivity contribution in [2.45, 2.75) is 19.0 Å². The smallest absolute Gasteiger partial charge is 0.254 e. The number of rotatable bonds is 2. The van der Waals surface area contributed by atoms with Crippen molar-refractivity contribution in [1.82, 2.24) is 9.80 Å². The van der Waals surface area contributed by atoms with Gasteiger partial charge >= 0.3 is 0 Å². The molecule has 1 N–H and O–H groups in total. The molecule has 124 valence electrons. The van der Waals surface area contributed by atoms with E-state index >= 15 is 0 Å². The van der Waals surface area contributed by atoms with Gasteiger partial charge in [0.1, 0.15) is 5.75 Å². The molecule has 1 amide bonds. The number of hydrogen-bond donors (Lipinski definition) is 1. The molecule has 2 aromatic rings. The second kappa shape index (κ2) is 6.22. The molecule has 0 aromatic heterocycles. The SMILES string of the molecule is O=C1c2ccc(O)c(Br)c2CC2CN(Cc3ccccc3)CCN12. The van der Waals surface area contributed by atoms with Gasteiger partial charge in [0.15, 0.2) is 0 Å². The minimum atomic E-state index is 0.0845. The lowest BCUT2D eigenvalue weighted by Gasteiger charge is -2.44. The lowest BCUT2D eigenvalue weighted by molar-refractivity contribution is 0.0401. The van der Waals surface area contributed by atoms with Crippen LogP contribution in [0.5, 0.6) is 5.75 Å². The van der Waals surface area contributed by atoms with Crippen molar-refractivity contribution >= 4 is 21.8 Å². The summed E-state index contributed by atoms with van der Waals surface area (Å²) in [6.45, 7) is 3.43. The minimum absolute atomic E-state index is 0.0845. The van der Waals surface area contributed by atoms with Crippen LogP contribution in [0, 0.1) is 0 Å². The number of nitrogens with zero attached hydrogens (tertiary/aromatic N) is 2. The molecular weight excluding hydrogens is 368 g/mol. The summed E-state index contributed by atoms with van der Waals surface area (Å²) in [4.78, 5) is 17.2. The lowest BCUT2D eigenvalue weighted by atomic mass is 9.91. The molecule has 0 bridgehead atoms. The van der Waals surface area contributed by atoms with Gasteiger partial charge in [0.25, 0.3) is 5.91 Å². The number of benzene rings is 2. The average molecular weight is 387 g/mol. The molecule has 2 aromatic carbocycles. The van der Waals surface area contributed by atoms with E-state index in [1.807, 2.05) is 11.0 Å². The Morgan fingerprint density at radius 1 is 1.12 bits per heavy atom. The van der Waals surface area contributed by atoms with E-state index < -0.39 is 0 Å². The highest BCUT2D eigenvalue weighted by Gasteiger charge is 2.37. The highest BCUT2D eigenvalue weighted by atomic mass is 79.9. The molecule has 1 saturated heterocycles. The summed E-state index contributed by atoms with van der Waals surface area (Å²) in [6, 6.07) is 13.9. The molecule has 0 spiro atoms. The van der Waals surface area contributed by atoms with Crippen LogP contribution < -0.4 is 0 Å². The van der Waals surface area contributed by atoms with Crippen LogP contribution in [0.15, 0.2) is 46.9 Å². The summed E-state index contributed by atoms with van der Waals surface area (Å²) < 4.78 is 0.660. The minimum Gasteiger partial charge on any atom is -0.507 e. The molecule has 4 nitrogen and oxygen atoms in total. The van der Waals surface area contributed by atoms with E-state index in [2.05, 4.69) is 45.1 Å². The zero-order valence-electron chi connectivity index (χ0n) is 13.3. The first-order chi connectivity index (χ1) is 11.6. The Morgan fingerprint density at radius 2 is 1.92 bits per heavy atom. The Bertz CT molecular complexity index is 778. The standard InChI is InChI=1S/C19H19BrN2O2/c20-18-16-10-14-12-21(11-13-4-2-1-3-5-13)8-9-22(14)19(24)15(16)6-7-17(18)23/h1-7,14,23H,8-12H2. The number of halogens is 1. The Labute approximate surface area is 149 Å². The van der Waals surface area contributed by atoms with Gasteiger partial charge in [-0.1, -0.05) is 30.3 Å². The average Bonchev–Trinajstić information content (AvgIpc) is 2.59. The monoisotopic (exact) mass is 386 g/mol. The molecule has 1 unspecified atom stereocenters. The van der Waals surface area contributed by atoms with Crippen LogP contribution in [0.25, 0.3) is 0 Å². The topological polar surface area (TPSA) is 43.8 Å². The first-order valence-corrected chi connectivity index (χ1v) is 9.00. The number of phenols is 1. The van der Waals surface area contributed by atoms with Crippen LogP contribution in [0.3, 0.4) is 0 Å². The number of amides is 1. The highest BCUT2D eigenvalue weighted by molar-refractivity contribution is 9.10. The Kier molecular flexibility index (Phi) is 4.06. The first-order valence-electron chi connectivity index (χ1n) is 8.21. The summed E-state index contributed by atoms with van der Waals surface area (Å²) in [7, 11) is 0. The van der Waals surface area contributed by atoms with Gasteiger partial charge in [0.05, 0.1) is 4.47 Å². The van der Waals surface area contributed by atoms with Gasteiger partial charge in [-0.3, -0.25) is 9.69 Å². The van der Waals surface area contributed by atoms with Gasteiger partial charge < -0.3 is 10.0 Å². The number of piperazine rings is 1. The van der Waals surface area contributed by atoms with Crippen molar-refractivity contribution in [1.29, 1.82) is 0 Å². The van der Waals surface area contributed by atoms with Crippen LogP contribution in [-0.2, 0) is 13.0 Å². The van der Waals surface area contributed by atoms with E-state index in [-0.39, 0.29) is 17.7 Å². The van der Waals surface area contributed by atoms with Gasteiger partial charge in [-0.15, -0.1) is 0 Å². The molecule has 0 aliphatic carbocycles. The van der Waals surface area contributed by atoms with Gasteiger partial charge in [-0.05, 0) is 45.6 Å². The maximum absolute atomic E-state index is 12.8. The zero-order chi connectivity index (χ0) is 16.7. The third kappa shape index (κ3) is 2.72. The van der Waals surface area contributed by atoms with Gasteiger partial charge in [0, 0.05) is 37.8 Å². The van der Waals surface area contributed by atoms with Crippen molar-refractivity contribution in [3.63, 3.8) is 0 Å². The number of aromatic hydroxyl groups is 1. The number of hydrogen-bond acceptors (Lipinski definition) is 3. The maximum atomic E-state index is 12.8. The van der Waals surface area contributed by atoms with Crippen LogP contribution in [0.2, 0.25) is 0 Å². The van der Waals surface area contributed by atoms with E-state index in [0.29, 0.717) is 10.0 Å². The second-order valence-electron chi connectivity index (χ2n) is 6.50. The van der Waals surface area contributed by atoms with Crippen LogP contribution in [0.1, 0.15) is 21.5 Å². The van der Waals surface area contributed by atoms with E-state index in [1.165, 1.54) is 5.56 Å². The second-order valence-corrected chi connectivity index (χ2v) is 7.29. The summed E-state index contributed by atoms with van der Waals surface area (Å²) >= 11 is 3.44. The molecule has 1 atom stereocenters. The van der Waals surface area contributed by atoms with Crippen LogP contribution in [-0.4, -0.2) is 46.5 Å². The molecule has 24 heavy (non-hydrogen) atoms. The predicted molar refractivity (Wildman–Crippen MR) is 96.1 cm³/mol. The molecule has 2 heterocycles. The lowest BCUT2D eigenvalue weighted by Crippen LogP contribution is -2.57. The van der Waals surface area contributed by atoms with Crippen LogP contribution >= 0.6 is 15.9 Å². The largest absolute Gasteiger partial charge is 0.507 e. The Balaban J connectivity index is 1.56. The summed E-state index contributed by atoms with van der Waals surface area (Å²) in [6.07, 6.45) is 0.779. The van der Waals surface area contributed by atoms with E-state index in [4.69, 9.17) is 0 Å². The van der Waals surface area contributed by atoms with Crippen molar-refractivity contribution in [2.24, 2.45) is 0 Å². The normalized spacial score (nSPS) is 20.6. The summed E-state index contributed by atoms with van der Waals surface area (Å²) in [5, 5.41) is 9.92. The van der Waals surface area contributed by atoms with Crippen molar-refractivity contribution in [3.8, 4) is 5.75 Å². The predicted octanol–water partition coefficient (Wildman–Crippen LogP) is 3.04. The fraction of sp³-hybridized carbons (Fsp3) is 0.316. The quantitative estimate of drug-likeness (QED) is 0.862. The van der Waals surface area contributed by atoms with E-state index in [0.717, 1.165) is 38.2 Å². The highest BCUT2D eigenvalue weighted by Crippen LogP contribution is 2.36. The molecule has 0 saturated carbocycles. The maximum Gasteiger partial charge on any atom is 0.254 e. The molecule has 2 aliphatic rings. The summed E-state index contributed by atoms with van der Waals surface area (Å²) in [5.74, 6) is 0.285. The molecule has 5 heteroatoms. The Morgan fingerprint density at radius 3 is 2.71 bits per heavy atom. The van der Waals surface area contributed by atoms with E-state index in [9.17, 15) is 9.90 Å². The van der Waals surface area contributed by atoms with Gasteiger partial charge in [-0.2, -0.15) is 0 Å². The van der Waals surface area contributed by atoms with Gasteiger partial charge in [-0.25, -0.2) is 0 Å². The number of carbonyl (C=O) groups excluding carboxylic acids is 1. The van der Waals surface area contributed by atoms with Gasteiger partial charge in [0.2, 0.25) is 0 Å². The molecule has 1 fully saturated rings. The van der Waals surface area contributed by atoms with Crippen LogP contribution in [0.4, 0.5) is 0 Å². The molecule has 4 rings (SSSR count). The third-order valence-electron chi connectivity index (χ3n) is 4.97. The number of carbonyl (C=O) groups is 1. The van der Waals surface area contributed by atoms with Crippen molar-refractivity contribution < 1.29 is 9.90 Å². The molecule has 2 aliphatic heterocycles. The first kappa shape index (κ1) is 15.7. The molecular formula is C19H19BrN2O2. The summed E-state index contributed by atoms with van der Waals surface area (Å²) in [5.41, 5.74) is 2.95.